The summed E-state index contributed by atoms with van der Waals surface area (Å²) in [5.74, 6) is -0.0864. The second-order valence-electron chi connectivity index (χ2n) is 6.40. The first kappa shape index (κ1) is 18.9. The number of hydrogen-bond acceptors (Lipinski definition) is 5. The Morgan fingerprint density at radius 3 is 2.73 bits per heavy atom. The van der Waals surface area contributed by atoms with Crippen LogP contribution in [-0.4, -0.2) is 17.4 Å². The lowest BCUT2D eigenvalue weighted by molar-refractivity contribution is 0.0958. The lowest BCUT2D eigenvalue weighted by Gasteiger charge is -2.04. The molecule has 0 aliphatic carbocycles. The molecule has 0 saturated heterocycles. The number of amides is 1. The first-order valence-electron chi connectivity index (χ1n) is 9.21. The Morgan fingerprint density at radius 1 is 1.15 bits per heavy atom. The molecular weight excluding hydrogens is 362 g/mol. The minimum absolute atomic E-state index is 0.0864. The van der Waals surface area contributed by atoms with Gasteiger partial charge in [-0.2, -0.15) is 0 Å². The fraction of sp³-hybridized carbons (Fsp3) is 0.400. The van der Waals surface area contributed by atoms with Crippen LogP contribution in [-0.2, 0) is 0 Å². The molecule has 3 rings (SSSR count). The van der Waals surface area contributed by atoms with Gasteiger partial charge in [-0.15, -0.1) is 22.7 Å². The summed E-state index contributed by atoms with van der Waals surface area (Å²) in [6.45, 7) is 2.92. The molecule has 3 heterocycles. The molecule has 3 N–H and O–H groups in total. The van der Waals surface area contributed by atoms with Crippen LogP contribution in [0.5, 0.6) is 0 Å². The van der Waals surface area contributed by atoms with Gasteiger partial charge in [0.05, 0.1) is 16.3 Å². The number of nitrogen functional groups attached to an aromatic ring is 1. The number of carbonyl (C=O) groups excluding carboxylic acids is 1. The number of carbonyl (C=O) groups is 1. The highest BCUT2D eigenvalue weighted by Gasteiger charge is 2.17. The molecule has 138 valence electrons. The lowest BCUT2D eigenvalue weighted by Crippen LogP contribution is -2.24. The molecule has 6 heteroatoms. The predicted molar refractivity (Wildman–Crippen MR) is 113 cm³/mol. The quantitative estimate of drug-likeness (QED) is 0.463. The molecule has 1 amide bonds. The Balaban J connectivity index is 1.62. The largest absolute Gasteiger partial charge is 0.397 e. The first-order valence-corrected chi connectivity index (χ1v) is 10.9. The standard InChI is InChI=1S/C20H25N3OS2/c1-2-3-4-5-6-7-12-22-19(24)18-17(21)14-10-11-15(23-20(14)26-18)16-9-8-13-25-16/h8-11,13H,2-7,12,21H2,1H3,(H,22,24). The number of unbranched alkanes of at least 4 members (excludes halogenated alkanes) is 5. The van der Waals surface area contributed by atoms with E-state index in [1.54, 1.807) is 11.3 Å². The van der Waals surface area contributed by atoms with E-state index in [1.165, 1.54) is 37.0 Å². The molecule has 0 spiro atoms. The summed E-state index contributed by atoms with van der Waals surface area (Å²) >= 11 is 3.03. The second-order valence-corrected chi connectivity index (χ2v) is 8.34. The van der Waals surface area contributed by atoms with Crippen LogP contribution >= 0.6 is 22.7 Å². The van der Waals surface area contributed by atoms with E-state index < -0.39 is 0 Å². The van der Waals surface area contributed by atoms with Crippen molar-refractivity contribution >= 4 is 44.5 Å². The van der Waals surface area contributed by atoms with E-state index in [1.807, 2.05) is 29.6 Å². The fourth-order valence-corrected chi connectivity index (χ4v) is 4.62. The lowest BCUT2D eigenvalue weighted by atomic mass is 10.1. The Morgan fingerprint density at radius 2 is 1.96 bits per heavy atom. The normalized spacial score (nSPS) is 11.1. The van der Waals surface area contributed by atoms with Crippen LogP contribution in [0, 0.1) is 0 Å². The van der Waals surface area contributed by atoms with Crippen molar-refractivity contribution in [1.29, 1.82) is 0 Å². The summed E-state index contributed by atoms with van der Waals surface area (Å²) in [6, 6.07) is 7.99. The summed E-state index contributed by atoms with van der Waals surface area (Å²) < 4.78 is 0. The molecule has 0 saturated carbocycles. The van der Waals surface area contributed by atoms with Gasteiger partial charge in [-0.25, -0.2) is 4.98 Å². The summed E-state index contributed by atoms with van der Waals surface area (Å²) in [5.41, 5.74) is 7.67. The Hall–Kier alpha value is -1.92. The maximum Gasteiger partial charge on any atom is 0.263 e. The highest BCUT2D eigenvalue weighted by molar-refractivity contribution is 7.21. The number of pyridine rings is 1. The third-order valence-electron chi connectivity index (χ3n) is 4.39. The van der Waals surface area contributed by atoms with Crippen LogP contribution in [0.4, 0.5) is 5.69 Å². The van der Waals surface area contributed by atoms with Crippen molar-refractivity contribution in [2.75, 3.05) is 12.3 Å². The molecule has 26 heavy (non-hydrogen) atoms. The number of aromatic nitrogens is 1. The van der Waals surface area contributed by atoms with Crippen molar-refractivity contribution in [3.05, 3.63) is 34.5 Å². The van der Waals surface area contributed by atoms with Gasteiger partial charge in [0, 0.05) is 11.9 Å². The van der Waals surface area contributed by atoms with Gasteiger partial charge < -0.3 is 11.1 Å². The fourth-order valence-electron chi connectivity index (χ4n) is 2.91. The average Bonchev–Trinajstić information content (AvgIpc) is 3.29. The Bertz CT molecular complexity index is 855. The van der Waals surface area contributed by atoms with Crippen LogP contribution in [0.1, 0.15) is 55.1 Å². The third-order valence-corrected chi connectivity index (χ3v) is 6.40. The number of nitrogens with one attached hydrogen (secondary N) is 1. The topological polar surface area (TPSA) is 68.0 Å². The predicted octanol–water partition coefficient (Wildman–Crippen LogP) is 5.70. The Kier molecular flexibility index (Phi) is 6.63. The van der Waals surface area contributed by atoms with Crippen molar-refractivity contribution in [2.24, 2.45) is 0 Å². The van der Waals surface area contributed by atoms with Gasteiger partial charge in [-0.1, -0.05) is 45.1 Å². The van der Waals surface area contributed by atoms with E-state index in [-0.39, 0.29) is 5.91 Å². The molecular formula is C20H25N3OS2. The van der Waals surface area contributed by atoms with Crippen LogP contribution in [0.15, 0.2) is 29.6 Å². The molecule has 0 aliphatic heterocycles. The van der Waals surface area contributed by atoms with E-state index in [2.05, 4.69) is 17.2 Å². The summed E-state index contributed by atoms with van der Waals surface area (Å²) in [6.07, 6.45) is 7.25. The number of nitrogens with two attached hydrogens (primary N) is 1. The molecule has 0 aliphatic rings. The van der Waals surface area contributed by atoms with Crippen LogP contribution in [0.25, 0.3) is 20.8 Å². The van der Waals surface area contributed by atoms with Crippen molar-refractivity contribution in [1.82, 2.24) is 10.3 Å². The maximum absolute atomic E-state index is 12.5. The van der Waals surface area contributed by atoms with Crippen molar-refractivity contribution in [3.63, 3.8) is 0 Å². The number of hydrogen-bond donors (Lipinski definition) is 2. The van der Waals surface area contributed by atoms with Gasteiger partial charge in [0.15, 0.2) is 0 Å². The van der Waals surface area contributed by atoms with Gasteiger partial charge in [0.25, 0.3) is 5.91 Å². The summed E-state index contributed by atoms with van der Waals surface area (Å²) in [7, 11) is 0. The minimum Gasteiger partial charge on any atom is -0.397 e. The van der Waals surface area contributed by atoms with Crippen LogP contribution < -0.4 is 11.1 Å². The van der Waals surface area contributed by atoms with E-state index in [9.17, 15) is 4.79 Å². The molecule has 0 fully saturated rings. The minimum atomic E-state index is -0.0864. The molecule has 3 aromatic heterocycles. The smallest absolute Gasteiger partial charge is 0.263 e. The van der Waals surface area contributed by atoms with E-state index in [0.29, 0.717) is 17.1 Å². The van der Waals surface area contributed by atoms with Gasteiger partial charge >= 0.3 is 0 Å². The van der Waals surface area contributed by atoms with Crippen molar-refractivity contribution in [3.8, 4) is 10.6 Å². The van der Waals surface area contributed by atoms with Gasteiger partial charge in [0.1, 0.15) is 9.71 Å². The third kappa shape index (κ3) is 4.43. The van der Waals surface area contributed by atoms with Gasteiger partial charge in [-0.3, -0.25) is 4.79 Å². The number of fused-ring (bicyclic) bond motifs is 1. The molecule has 0 aromatic carbocycles. The number of anilines is 1. The first-order chi connectivity index (χ1) is 12.7. The summed E-state index contributed by atoms with van der Waals surface area (Å²) in [5, 5.41) is 5.89. The molecule has 0 bridgehead atoms. The van der Waals surface area contributed by atoms with E-state index in [0.717, 1.165) is 33.6 Å². The molecule has 3 aromatic rings. The zero-order valence-electron chi connectivity index (χ0n) is 15.1. The Labute approximate surface area is 162 Å². The molecule has 0 radical (unpaired) electrons. The van der Waals surface area contributed by atoms with Gasteiger partial charge in [-0.05, 0) is 30.0 Å². The highest BCUT2D eigenvalue weighted by atomic mass is 32.1. The zero-order chi connectivity index (χ0) is 18.4. The second kappa shape index (κ2) is 9.14. The average molecular weight is 388 g/mol. The van der Waals surface area contributed by atoms with Crippen molar-refractivity contribution < 1.29 is 4.79 Å². The number of nitrogens with zero attached hydrogens (tertiary/aromatic N) is 1. The van der Waals surface area contributed by atoms with Crippen molar-refractivity contribution in [2.45, 2.75) is 45.4 Å². The monoisotopic (exact) mass is 387 g/mol. The van der Waals surface area contributed by atoms with Crippen LogP contribution in [0.2, 0.25) is 0 Å². The maximum atomic E-state index is 12.5. The zero-order valence-corrected chi connectivity index (χ0v) is 16.7. The number of rotatable bonds is 9. The molecule has 0 atom stereocenters. The van der Waals surface area contributed by atoms with E-state index >= 15 is 0 Å². The number of thiophene rings is 2. The summed E-state index contributed by atoms with van der Waals surface area (Å²) in [4.78, 5) is 19.7. The van der Waals surface area contributed by atoms with Gasteiger partial charge in [0.2, 0.25) is 0 Å². The molecule has 0 unspecified atom stereocenters. The SMILES string of the molecule is CCCCCCCCNC(=O)c1sc2nc(-c3cccs3)ccc2c1N. The van der Waals surface area contributed by atoms with E-state index in [4.69, 9.17) is 5.73 Å². The highest BCUT2D eigenvalue weighted by Crippen LogP contribution is 2.34. The van der Waals surface area contributed by atoms with Crippen LogP contribution in [0.3, 0.4) is 0 Å². The molecule has 4 nitrogen and oxygen atoms in total.